The van der Waals surface area contributed by atoms with Crippen molar-refractivity contribution >= 4 is 19.4 Å². The summed E-state index contributed by atoms with van der Waals surface area (Å²) in [6, 6.07) is 5.84. The van der Waals surface area contributed by atoms with Gasteiger partial charge in [-0.15, -0.1) is 0 Å². The monoisotopic (exact) mass is 321 g/mol. The summed E-state index contributed by atoms with van der Waals surface area (Å²) in [6.07, 6.45) is 1.57. The van der Waals surface area contributed by atoms with Gasteiger partial charge in [0.15, 0.2) is 8.32 Å². The van der Waals surface area contributed by atoms with Gasteiger partial charge < -0.3 is 19.9 Å². The third-order valence-electron chi connectivity index (χ3n) is 4.37. The van der Waals surface area contributed by atoms with E-state index in [2.05, 4.69) is 43.8 Å². The van der Waals surface area contributed by atoms with Crippen molar-refractivity contribution in [3.8, 4) is 5.75 Å². The van der Waals surface area contributed by atoms with Crippen LogP contribution in [0.3, 0.4) is 0 Å². The molecule has 2 aromatic rings. The number of rotatable bonds is 6. The second kappa shape index (κ2) is 6.40. The topological polar surface area (TPSA) is 73.2 Å². The molecule has 122 valence electrons. The lowest BCUT2D eigenvalue weighted by molar-refractivity contribution is 0.122. The molecule has 5 nitrogen and oxygen atoms in total. The molecule has 0 amide bonds. The number of nitrogens with one attached hydrogen (secondary N) is 1. The molecule has 1 atom stereocenters. The molecule has 0 aliphatic carbocycles. The molecule has 1 heterocycles. The molecule has 1 aromatic carbocycles. The van der Waals surface area contributed by atoms with Crippen LogP contribution in [0.15, 0.2) is 24.5 Å². The minimum Gasteiger partial charge on any atom is -0.489 e. The third kappa shape index (κ3) is 3.69. The highest BCUT2D eigenvalue weighted by Gasteiger charge is 2.39. The molecular formula is C16H27N3O2Si. The average molecular weight is 321 g/mol. The van der Waals surface area contributed by atoms with Gasteiger partial charge >= 0.3 is 0 Å². The van der Waals surface area contributed by atoms with E-state index in [0.717, 1.165) is 16.8 Å². The summed E-state index contributed by atoms with van der Waals surface area (Å²) >= 11 is 0. The minimum atomic E-state index is -1.85. The second-order valence-electron chi connectivity index (χ2n) is 7.10. The molecule has 0 radical (unpaired) electrons. The molecule has 0 aliphatic heterocycles. The minimum absolute atomic E-state index is 0.102. The van der Waals surface area contributed by atoms with E-state index in [1.807, 2.05) is 18.2 Å². The maximum Gasteiger partial charge on any atom is 0.192 e. The maximum atomic E-state index is 6.33. The Bertz CT molecular complexity index is 619. The first-order valence-corrected chi connectivity index (χ1v) is 10.6. The van der Waals surface area contributed by atoms with Crippen LogP contribution in [0.4, 0.5) is 0 Å². The summed E-state index contributed by atoms with van der Waals surface area (Å²) in [7, 11) is -1.85. The number of benzene rings is 1. The van der Waals surface area contributed by atoms with Gasteiger partial charge in [0.25, 0.3) is 0 Å². The van der Waals surface area contributed by atoms with E-state index in [1.165, 1.54) is 0 Å². The smallest absolute Gasteiger partial charge is 0.192 e. The zero-order valence-electron chi connectivity index (χ0n) is 14.1. The number of nitrogens with zero attached hydrogens (tertiary/aromatic N) is 1. The molecular weight excluding hydrogens is 294 g/mol. The van der Waals surface area contributed by atoms with Crippen molar-refractivity contribution in [1.29, 1.82) is 0 Å². The van der Waals surface area contributed by atoms with Crippen molar-refractivity contribution in [2.24, 2.45) is 5.73 Å². The number of hydrogen-bond donors (Lipinski definition) is 2. The van der Waals surface area contributed by atoms with Gasteiger partial charge in [0, 0.05) is 6.54 Å². The first kappa shape index (κ1) is 17.0. The van der Waals surface area contributed by atoms with E-state index >= 15 is 0 Å². The fourth-order valence-electron chi connectivity index (χ4n) is 1.98. The molecule has 0 saturated heterocycles. The molecule has 0 aliphatic rings. The fraction of sp³-hybridized carbons (Fsp3) is 0.562. The molecule has 1 aromatic heterocycles. The van der Waals surface area contributed by atoms with Crippen LogP contribution in [-0.4, -0.2) is 37.5 Å². The van der Waals surface area contributed by atoms with E-state index in [-0.39, 0.29) is 11.1 Å². The highest BCUT2D eigenvalue weighted by atomic mass is 28.4. The first-order valence-electron chi connectivity index (χ1n) is 7.67. The average Bonchev–Trinajstić information content (AvgIpc) is 2.90. The predicted molar refractivity (Wildman–Crippen MR) is 92.7 cm³/mol. The van der Waals surface area contributed by atoms with E-state index in [0.29, 0.717) is 13.2 Å². The number of fused-ring (bicyclic) bond motifs is 1. The predicted octanol–water partition coefficient (Wildman–Crippen LogP) is 3.29. The third-order valence-corrected chi connectivity index (χ3v) is 8.90. The molecule has 3 N–H and O–H groups in total. The van der Waals surface area contributed by atoms with Crippen LogP contribution in [0, 0.1) is 0 Å². The maximum absolute atomic E-state index is 6.33. The lowest BCUT2D eigenvalue weighted by Gasteiger charge is -2.38. The van der Waals surface area contributed by atoms with Crippen LogP contribution in [0.25, 0.3) is 11.0 Å². The van der Waals surface area contributed by atoms with Crippen molar-refractivity contribution < 1.29 is 9.16 Å². The summed E-state index contributed by atoms with van der Waals surface area (Å²) < 4.78 is 12.3. The standard InChI is InChI=1S/C16H27N3O2Si/c1-16(2,3)22(4,5)21-12(9-17)10-20-14-8-6-7-13-15(14)19-11-18-13/h6-8,11-12H,9-10,17H2,1-5H3,(H,18,19). The summed E-state index contributed by atoms with van der Waals surface area (Å²) in [4.78, 5) is 7.37. The Morgan fingerprint density at radius 1 is 1.32 bits per heavy atom. The summed E-state index contributed by atoms with van der Waals surface area (Å²) in [6.45, 7) is 12.0. The lowest BCUT2D eigenvalue weighted by Crippen LogP contribution is -2.47. The van der Waals surface area contributed by atoms with Crippen LogP contribution in [0.2, 0.25) is 18.1 Å². The molecule has 1 unspecified atom stereocenters. The van der Waals surface area contributed by atoms with E-state index < -0.39 is 8.32 Å². The Morgan fingerprint density at radius 2 is 2.05 bits per heavy atom. The summed E-state index contributed by atoms with van der Waals surface area (Å²) in [5.74, 6) is 0.760. The van der Waals surface area contributed by atoms with Crippen molar-refractivity contribution in [2.75, 3.05) is 13.2 Å². The largest absolute Gasteiger partial charge is 0.489 e. The van der Waals surface area contributed by atoms with Gasteiger partial charge in [-0.3, -0.25) is 0 Å². The fourth-order valence-corrected chi connectivity index (χ4v) is 3.33. The van der Waals surface area contributed by atoms with Crippen molar-refractivity contribution in [3.63, 3.8) is 0 Å². The zero-order chi connectivity index (χ0) is 16.4. The number of aromatic amines is 1. The molecule has 6 heteroatoms. The lowest BCUT2D eigenvalue weighted by atomic mass is 10.2. The molecule has 0 bridgehead atoms. The van der Waals surface area contributed by atoms with Crippen LogP contribution >= 0.6 is 0 Å². The van der Waals surface area contributed by atoms with Gasteiger partial charge in [0.1, 0.15) is 17.9 Å². The van der Waals surface area contributed by atoms with Crippen LogP contribution in [0.5, 0.6) is 5.75 Å². The van der Waals surface area contributed by atoms with Crippen LogP contribution in [0.1, 0.15) is 20.8 Å². The van der Waals surface area contributed by atoms with E-state index in [9.17, 15) is 0 Å². The number of para-hydroxylation sites is 1. The number of aromatic nitrogens is 2. The van der Waals surface area contributed by atoms with E-state index in [4.69, 9.17) is 14.9 Å². The van der Waals surface area contributed by atoms with Gasteiger partial charge in [-0.1, -0.05) is 26.8 Å². The van der Waals surface area contributed by atoms with Crippen molar-refractivity contribution in [1.82, 2.24) is 9.97 Å². The highest BCUT2D eigenvalue weighted by Crippen LogP contribution is 2.37. The Kier molecular flexibility index (Phi) is 4.94. The Labute approximate surface area is 133 Å². The highest BCUT2D eigenvalue weighted by molar-refractivity contribution is 6.74. The van der Waals surface area contributed by atoms with Crippen molar-refractivity contribution in [2.45, 2.75) is 45.0 Å². The van der Waals surface area contributed by atoms with Gasteiger partial charge in [-0.05, 0) is 30.3 Å². The number of imidazole rings is 1. The molecule has 2 rings (SSSR count). The second-order valence-corrected chi connectivity index (χ2v) is 11.9. The molecule has 22 heavy (non-hydrogen) atoms. The zero-order valence-corrected chi connectivity index (χ0v) is 15.1. The normalized spacial score (nSPS) is 14.3. The summed E-state index contributed by atoms with van der Waals surface area (Å²) in [5.41, 5.74) is 7.68. The van der Waals surface area contributed by atoms with Gasteiger partial charge in [0.05, 0.1) is 17.9 Å². The Hall–Kier alpha value is -1.37. The molecule has 0 spiro atoms. The SMILES string of the molecule is CC(C)(C)[Si](C)(C)OC(CN)COc1cccc2[nH]cnc12. The Balaban J connectivity index is 2.04. The summed E-state index contributed by atoms with van der Waals surface area (Å²) in [5, 5.41) is 0.155. The first-order chi connectivity index (χ1) is 10.2. The van der Waals surface area contributed by atoms with E-state index in [1.54, 1.807) is 6.33 Å². The number of hydrogen-bond acceptors (Lipinski definition) is 4. The molecule has 0 saturated carbocycles. The number of nitrogens with two attached hydrogens (primary N) is 1. The van der Waals surface area contributed by atoms with Gasteiger partial charge in [-0.2, -0.15) is 0 Å². The number of ether oxygens (including phenoxy) is 1. The van der Waals surface area contributed by atoms with Gasteiger partial charge in [0.2, 0.25) is 0 Å². The van der Waals surface area contributed by atoms with Crippen LogP contribution in [-0.2, 0) is 4.43 Å². The number of H-pyrrole nitrogens is 1. The quantitative estimate of drug-likeness (QED) is 0.801. The molecule has 0 fully saturated rings. The Morgan fingerprint density at radius 3 is 2.68 bits per heavy atom. The van der Waals surface area contributed by atoms with Gasteiger partial charge in [-0.25, -0.2) is 4.98 Å². The van der Waals surface area contributed by atoms with Crippen LogP contribution < -0.4 is 10.5 Å². The van der Waals surface area contributed by atoms with Crippen molar-refractivity contribution in [3.05, 3.63) is 24.5 Å².